The number of hydrogen-bond donors (Lipinski definition) is 1. The van der Waals surface area contributed by atoms with Crippen LogP contribution in [0.4, 0.5) is 11.4 Å². The zero-order valence-electron chi connectivity index (χ0n) is 18.6. The maximum absolute atomic E-state index is 12.5. The van der Waals surface area contributed by atoms with Gasteiger partial charge in [-0.2, -0.15) is 0 Å². The third-order valence-electron chi connectivity index (χ3n) is 5.83. The van der Waals surface area contributed by atoms with Gasteiger partial charge < -0.3 is 15.0 Å². The zero-order chi connectivity index (χ0) is 23.4. The zero-order valence-corrected chi connectivity index (χ0v) is 18.6. The first-order valence-corrected chi connectivity index (χ1v) is 11.3. The molecule has 2 aliphatic rings. The van der Waals surface area contributed by atoms with Crippen LogP contribution in [0.15, 0.2) is 42.5 Å². The molecule has 0 bridgehead atoms. The molecule has 0 aromatic heterocycles. The normalized spacial score (nSPS) is 14.8. The summed E-state index contributed by atoms with van der Waals surface area (Å²) < 4.78 is 5.53. The summed E-state index contributed by atoms with van der Waals surface area (Å²) in [6.07, 6.45) is 3.49. The summed E-state index contributed by atoms with van der Waals surface area (Å²) in [5, 5.41) is 2.84. The van der Waals surface area contributed by atoms with Crippen molar-refractivity contribution in [1.29, 1.82) is 0 Å². The molecule has 4 rings (SSSR count). The van der Waals surface area contributed by atoms with E-state index in [1.54, 1.807) is 47.4 Å². The lowest BCUT2D eigenvalue weighted by atomic mass is 10.1. The first kappa shape index (κ1) is 22.5. The number of imide groups is 1. The third-order valence-corrected chi connectivity index (χ3v) is 5.83. The SMILES string of the molecule is CCCCCN1C(=O)COc2ccc(NC(=O)CCCN3C(=O)c4ccccc4C3=O)cc21. The van der Waals surface area contributed by atoms with Crippen LogP contribution in [0.3, 0.4) is 0 Å². The number of fused-ring (bicyclic) bond motifs is 2. The number of benzene rings is 2. The highest BCUT2D eigenvalue weighted by Gasteiger charge is 2.34. The highest BCUT2D eigenvalue weighted by atomic mass is 16.5. The minimum absolute atomic E-state index is 0.0165. The van der Waals surface area contributed by atoms with E-state index < -0.39 is 0 Å². The van der Waals surface area contributed by atoms with E-state index in [0.717, 1.165) is 19.3 Å². The first-order chi connectivity index (χ1) is 16.0. The summed E-state index contributed by atoms with van der Waals surface area (Å²) in [4.78, 5) is 52.6. The van der Waals surface area contributed by atoms with Crippen LogP contribution in [0.5, 0.6) is 5.75 Å². The molecule has 1 N–H and O–H groups in total. The standard InChI is InChI=1S/C25H27N3O5/c1-2-3-6-13-27-20-15-17(11-12-21(20)33-16-23(27)30)26-22(29)10-7-14-28-24(31)18-8-4-5-9-19(18)25(28)32/h4-5,8-9,11-12,15H,2-3,6-7,10,13-14,16H2,1H3,(H,26,29). The van der Waals surface area contributed by atoms with Crippen LogP contribution in [0.25, 0.3) is 0 Å². The molecule has 2 aromatic carbocycles. The Morgan fingerprint density at radius 3 is 2.33 bits per heavy atom. The lowest BCUT2D eigenvalue weighted by Crippen LogP contribution is -2.39. The smallest absolute Gasteiger partial charge is 0.265 e. The Kier molecular flexibility index (Phi) is 6.72. The van der Waals surface area contributed by atoms with Crippen LogP contribution in [-0.2, 0) is 9.59 Å². The Labute approximate surface area is 192 Å². The van der Waals surface area contributed by atoms with E-state index in [-0.39, 0.29) is 43.2 Å². The molecule has 0 aliphatic carbocycles. The molecule has 172 valence electrons. The summed E-state index contributed by atoms with van der Waals surface area (Å²) in [6, 6.07) is 12.0. The molecule has 8 heteroatoms. The number of carbonyl (C=O) groups excluding carboxylic acids is 4. The van der Waals surface area contributed by atoms with E-state index in [2.05, 4.69) is 12.2 Å². The predicted octanol–water partition coefficient (Wildman–Crippen LogP) is 3.62. The van der Waals surface area contributed by atoms with Gasteiger partial charge in [-0.15, -0.1) is 0 Å². The number of nitrogens with zero attached hydrogens (tertiary/aromatic N) is 2. The van der Waals surface area contributed by atoms with Crippen molar-refractivity contribution in [2.45, 2.75) is 39.0 Å². The molecule has 0 radical (unpaired) electrons. The number of ether oxygens (including phenoxy) is 1. The lowest BCUT2D eigenvalue weighted by molar-refractivity contribution is -0.121. The monoisotopic (exact) mass is 449 g/mol. The topological polar surface area (TPSA) is 96.0 Å². The van der Waals surface area contributed by atoms with Crippen LogP contribution in [0.2, 0.25) is 0 Å². The Morgan fingerprint density at radius 1 is 0.939 bits per heavy atom. The fraction of sp³-hybridized carbons (Fsp3) is 0.360. The average Bonchev–Trinajstić information content (AvgIpc) is 3.05. The maximum Gasteiger partial charge on any atom is 0.265 e. The summed E-state index contributed by atoms with van der Waals surface area (Å²) in [5.74, 6) is -0.345. The van der Waals surface area contributed by atoms with Crippen LogP contribution < -0.4 is 15.0 Å². The van der Waals surface area contributed by atoms with Gasteiger partial charge in [0.25, 0.3) is 17.7 Å². The van der Waals surface area contributed by atoms with Gasteiger partial charge in [0.05, 0.1) is 16.8 Å². The van der Waals surface area contributed by atoms with Gasteiger partial charge in [0.2, 0.25) is 5.91 Å². The number of nitrogens with one attached hydrogen (secondary N) is 1. The van der Waals surface area contributed by atoms with E-state index in [1.807, 2.05) is 0 Å². The first-order valence-electron chi connectivity index (χ1n) is 11.3. The van der Waals surface area contributed by atoms with E-state index in [4.69, 9.17) is 4.74 Å². The summed E-state index contributed by atoms with van der Waals surface area (Å²) in [7, 11) is 0. The molecule has 0 saturated heterocycles. The van der Waals surface area contributed by atoms with Gasteiger partial charge in [-0.25, -0.2) is 0 Å². The second-order valence-electron chi connectivity index (χ2n) is 8.18. The van der Waals surface area contributed by atoms with Gasteiger partial charge in [-0.05, 0) is 43.2 Å². The van der Waals surface area contributed by atoms with Gasteiger partial charge in [-0.1, -0.05) is 31.9 Å². The highest BCUT2D eigenvalue weighted by Crippen LogP contribution is 2.35. The molecule has 0 saturated carbocycles. The number of unbranched alkanes of at least 4 members (excludes halogenated alkanes) is 2. The summed E-state index contributed by atoms with van der Waals surface area (Å²) in [5.41, 5.74) is 2.03. The van der Waals surface area contributed by atoms with Crippen molar-refractivity contribution >= 4 is 35.0 Å². The van der Waals surface area contributed by atoms with Crippen molar-refractivity contribution in [1.82, 2.24) is 4.90 Å². The van der Waals surface area contributed by atoms with Crippen molar-refractivity contribution in [2.75, 3.05) is 29.9 Å². The van der Waals surface area contributed by atoms with Crippen molar-refractivity contribution in [3.8, 4) is 5.75 Å². The van der Waals surface area contributed by atoms with Crippen molar-refractivity contribution in [3.63, 3.8) is 0 Å². The van der Waals surface area contributed by atoms with Crippen LogP contribution in [-0.4, -0.2) is 48.2 Å². The summed E-state index contributed by atoms with van der Waals surface area (Å²) >= 11 is 0. The van der Waals surface area contributed by atoms with Crippen LogP contribution in [0.1, 0.15) is 59.7 Å². The number of rotatable bonds is 9. The van der Waals surface area contributed by atoms with Gasteiger partial charge in [0.1, 0.15) is 5.75 Å². The molecule has 0 unspecified atom stereocenters. The second-order valence-corrected chi connectivity index (χ2v) is 8.18. The minimum Gasteiger partial charge on any atom is -0.482 e. The quantitative estimate of drug-likeness (QED) is 0.466. The third kappa shape index (κ3) is 4.74. The largest absolute Gasteiger partial charge is 0.482 e. The number of amides is 4. The van der Waals surface area contributed by atoms with Gasteiger partial charge in [-0.3, -0.25) is 24.1 Å². The number of carbonyl (C=O) groups is 4. The fourth-order valence-electron chi connectivity index (χ4n) is 4.11. The molecule has 2 aliphatic heterocycles. The highest BCUT2D eigenvalue weighted by molar-refractivity contribution is 6.21. The molecular weight excluding hydrogens is 422 g/mol. The van der Waals surface area contributed by atoms with Crippen LogP contribution in [0, 0.1) is 0 Å². The molecule has 2 heterocycles. The predicted molar refractivity (Wildman–Crippen MR) is 123 cm³/mol. The Morgan fingerprint density at radius 2 is 1.64 bits per heavy atom. The number of hydrogen-bond acceptors (Lipinski definition) is 5. The van der Waals surface area contributed by atoms with Gasteiger partial charge in [0.15, 0.2) is 6.61 Å². The van der Waals surface area contributed by atoms with Crippen LogP contribution >= 0.6 is 0 Å². The van der Waals surface area contributed by atoms with Crippen molar-refractivity contribution in [3.05, 3.63) is 53.6 Å². The maximum atomic E-state index is 12.5. The average molecular weight is 450 g/mol. The van der Waals surface area contributed by atoms with E-state index in [1.165, 1.54) is 4.90 Å². The lowest BCUT2D eigenvalue weighted by Gasteiger charge is -2.30. The van der Waals surface area contributed by atoms with E-state index >= 15 is 0 Å². The molecule has 0 spiro atoms. The second kappa shape index (κ2) is 9.85. The van der Waals surface area contributed by atoms with Gasteiger partial charge in [0, 0.05) is 25.2 Å². The minimum atomic E-state index is -0.321. The molecule has 33 heavy (non-hydrogen) atoms. The molecule has 4 amide bonds. The van der Waals surface area contributed by atoms with Gasteiger partial charge >= 0.3 is 0 Å². The molecule has 0 atom stereocenters. The fourth-order valence-corrected chi connectivity index (χ4v) is 4.11. The summed E-state index contributed by atoms with van der Waals surface area (Å²) in [6.45, 7) is 2.91. The van der Waals surface area contributed by atoms with Crippen molar-refractivity contribution < 1.29 is 23.9 Å². The Balaban J connectivity index is 1.33. The Bertz CT molecular complexity index is 1060. The van der Waals surface area contributed by atoms with E-state index in [9.17, 15) is 19.2 Å². The molecule has 8 nitrogen and oxygen atoms in total. The van der Waals surface area contributed by atoms with E-state index in [0.29, 0.717) is 41.2 Å². The number of anilines is 2. The Hall–Kier alpha value is -3.68. The van der Waals surface area contributed by atoms with Crippen molar-refractivity contribution in [2.24, 2.45) is 0 Å². The molecule has 2 aromatic rings. The molecule has 0 fully saturated rings. The molecular formula is C25H27N3O5.